The number of amides is 1. The van der Waals surface area contributed by atoms with Gasteiger partial charge in [0.15, 0.2) is 0 Å². The normalized spacial score (nSPS) is 22.1. The lowest BCUT2D eigenvalue weighted by atomic mass is 9.92. The number of nitrogens with zero attached hydrogens (tertiary/aromatic N) is 4. The highest BCUT2D eigenvalue weighted by Gasteiger charge is 2.42. The highest BCUT2D eigenvalue weighted by molar-refractivity contribution is 5.69. The Kier molecular flexibility index (Phi) is 6.34. The van der Waals surface area contributed by atoms with Crippen molar-refractivity contribution < 1.29 is 9.53 Å². The van der Waals surface area contributed by atoms with Crippen molar-refractivity contribution in [3.8, 4) is 0 Å². The summed E-state index contributed by atoms with van der Waals surface area (Å²) in [5, 5.41) is 3.38. The standard InChI is InChI=1S/C22H38N6O2/c1-21(2,3)9-10-24-17-12-18(26-19(23)25-17)27-13-15-8-7-11-28(16(15)14-27)20(29)30-22(4,5)6/h12,15-16H,7-11,13-14H2,1-6H3,(H3,23,24,25,26)/t15?,16-/m0/s1. The molecule has 3 heterocycles. The van der Waals surface area contributed by atoms with Gasteiger partial charge in [0.05, 0.1) is 6.04 Å². The van der Waals surface area contributed by atoms with Crippen molar-refractivity contribution in [2.24, 2.45) is 11.3 Å². The molecule has 2 aliphatic rings. The van der Waals surface area contributed by atoms with Crippen molar-refractivity contribution in [2.45, 2.75) is 72.4 Å². The number of hydrogen-bond acceptors (Lipinski definition) is 7. The zero-order valence-corrected chi connectivity index (χ0v) is 19.4. The first kappa shape index (κ1) is 22.4. The number of hydrogen-bond donors (Lipinski definition) is 2. The molecule has 0 spiro atoms. The van der Waals surface area contributed by atoms with E-state index in [4.69, 9.17) is 10.5 Å². The van der Waals surface area contributed by atoms with Crippen LogP contribution in [0, 0.1) is 11.3 Å². The van der Waals surface area contributed by atoms with E-state index in [1.54, 1.807) is 0 Å². The maximum absolute atomic E-state index is 12.7. The van der Waals surface area contributed by atoms with Crippen LogP contribution in [0.5, 0.6) is 0 Å². The van der Waals surface area contributed by atoms with E-state index >= 15 is 0 Å². The Labute approximate surface area is 180 Å². The molecule has 1 aromatic rings. The molecular weight excluding hydrogens is 380 g/mol. The Morgan fingerprint density at radius 3 is 2.63 bits per heavy atom. The third-order valence-electron chi connectivity index (χ3n) is 5.64. The Morgan fingerprint density at radius 1 is 1.23 bits per heavy atom. The van der Waals surface area contributed by atoms with Crippen LogP contribution in [-0.4, -0.2) is 58.8 Å². The largest absolute Gasteiger partial charge is 0.444 e. The summed E-state index contributed by atoms with van der Waals surface area (Å²) in [5.41, 5.74) is 5.77. The zero-order chi connectivity index (χ0) is 22.1. The molecule has 30 heavy (non-hydrogen) atoms. The molecule has 168 valence electrons. The molecule has 2 atom stereocenters. The molecule has 8 heteroatoms. The topological polar surface area (TPSA) is 96.6 Å². The minimum Gasteiger partial charge on any atom is -0.444 e. The van der Waals surface area contributed by atoms with E-state index in [2.05, 4.69) is 41.0 Å². The number of nitrogen functional groups attached to an aromatic ring is 1. The summed E-state index contributed by atoms with van der Waals surface area (Å²) in [6.07, 6.45) is 2.92. The average Bonchev–Trinajstić information content (AvgIpc) is 3.02. The van der Waals surface area contributed by atoms with Gasteiger partial charge in [-0.25, -0.2) is 4.79 Å². The van der Waals surface area contributed by atoms with Crippen LogP contribution in [-0.2, 0) is 4.74 Å². The number of likely N-dealkylation sites (tertiary alicyclic amines) is 1. The summed E-state index contributed by atoms with van der Waals surface area (Å²) in [6.45, 7) is 15.6. The van der Waals surface area contributed by atoms with E-state index in [0.29, 0.717) is 5.92 Å². The van der Waals surface area contributed by atoms with Gasteiger partial charge in [0.1, 0.15) is 17.2 Å². The fourth-order valence-electron chi connectivity index (χ4n) is 4.19. The van der Waals surface area contributed by atoms with E-state index in [-0.39, 0.29) is 23.5 Å². The number of fused-ring (bicyclic) bond motifs is 1. The van der Waals surface area contributed by atoms with Crippen LogP contribution < -0.4 is 16.0 Å². The second-order valence-electron chi connectivity index (χ2n) is 10.8. The van der Waals surface area contributed by atoms with Crippen molar-refractivity contribution >= 4 is 23.7 Å². The first-order valence-corrected chi connectivity index (χ1v) is 11.0. The molecular formula is C22H38N6O2. The van der Waals surface area contributed by atoms with Crippen molar-refractivity contribution in [1.29, 1.82) is 0 Å². The minimum absolute atomic E-state index is 0.141. The molecule has 2 saturated heterocycles. The second kappa shape index (κ2) is 8.47. The molecule has 3 N–H and O–H groups in total. The van der Waals surface area contributed by atoms with Crippen LogP contribution in [0.1, 0.15) is 60.8 Å². The smallest absolute Gasteiger partial charge is 0.410 e. The number of carbonyl (C=O) groups is 1. The number of aromatic nitrogens is 2. The Balaban J connectivity index is 1.69. The van der Waals surface area contributed by atoms with Gasteiger partial charge < -0.3 is 25.6 Å². The van der Waals surface area contributed by atoms with Gasteiger partial charge in [-0.05, 0) is 51.4 Å². The van der Waals surface area contributed by atoms with E-state index in [0.717, 1.165) is 57.1 Å². The van der Waals surface area contributed by atoms with Crippen LogP contribution in [0.2, 0.25) is 0 Å². The molecule has 0 bridgehead atoms. The second-order valence-corrected chi connectivity index (χ2v) is 10.8. The van der Waals surface area contributed by atoms with Gasteiger partial charge in [0.25, 0.3) is 0 Å². The molecule has 2 fully saturated rings. The van der Waals surface area contributed by atoms with Gasteiger partial charge in [-0.3, -0.25) is 0 Å². The van der Waals surface area contributed by atoms with Crippen molar-refractivity contribution in [1.82, 2.24) is 14.9 Å². The van der Waals surface area contributed by atoms with Crippen LogP contribution in [0.25, 0.3) is 0 Å². The van der Waals surface area contributed by atoms with Gasteiger partial charge in [-0.1, -0.05) is 20.8 Å². The van der Waals surface area contributed by atoms with E-state index in [1.165, 1.54) is 0 Å². The molecule has 1 amide bonds. The van der Waals surface area contributed by atoms with Gasteiger partial charge >= 0.3 is 6.09 Å². The summed E-state index contributed by atoms with van der Waals surface area (Å²) in [6, 6.07) is 2.11. The molecule has 0 radical (unpaired) electrons. The molecule has 0 aromatic carbocycles. The molecule has 2 aliphatic heterocycles. The molecule has 1 aromatic heterocycles. The summed E-state index contributed by atoms with van der Waals surface area (Å²) < 4.78 is 5.65. The molecule has 0 saturated carbocycles. The third kappa shape index (κ3) is 5.89. The summed E-state index contributed by atoms with van der Waals surface area (Å²) in [5.74, 6) is 2.25. The lowest BCUT2D eigenvalue weighted by molar-refractivity contribution is 0.00669. The SMILES string of the molecule is CC(C)(C)CCNc1cc(N2CC3CCCN(C(=O)OC(C)(C)C)[C@H]3C2)nc(N)n1. The minimum atomic E-state index is -0.489. The Bertz CT molecular complexity index is 755. The van der Waals surface area contributed by atoms with Crippen LogP contribution >= 0.6 is 0 Å². The third-order valence-corrected chi connectivity index (χ3v) is 5.64. The quantitative estimate of drug-likeness (QED) is 0.769. The van der Waals surface area contributed by atoms with E-state index in [1.807, 2.05) is 31.7 Å². The van der Waals surface area contributed by atoms with Crippen molar-refractivity contribution in [2.75, 3.05) is 42.1 Å². The van der Waals surface area contributed by atoms with E-state index in [9.17, 15) is 4.79 Å². The Hall–Kier alpha value is -2.25. The first-order valence-electron chi connectivity index (χ1n) is 11.0. The number of rotatable bonds is 4. The fourth-order valence-corrected chi connectivity index (χ4v) is 4.19. The first-order chi connectivity index (χ1) is 13.9. The monoisotopic (exact) mass is 418 g/mol. The number of nitrogens with two attached hydrogens (primary N) is 1. The maximum Gasteiger partial charge on any atom is 0.410 e. The van der Waals surface area contributed by atoms with E-state index < -0.39 is 5.60 Å². The van der Waals surface area contributed by atoms with Gasteiger partial charge in [-0.15, -0.1) is 0 Å². The lowest BCUT2D eigenvalue weighted by Gasteiger charge is -2.37. The van der Waals surface area contributed by atoms with Crippen LogP contribution in [0.15, 0.2) is 6.07 Å². The number of nitrogens with one attached hydrogen (secondary N) is 1. The summed E-state index contributed by atoms with van der Waals surface area (Å²) in [4.78, 5) is 25.7. The molecule has 1 unspecified atom stereocenters. The maximum atomic E-state index is 12.7. The van der Waals surface area contributed by atoms with Crippen molar-refractivity contribution in [3.05, 3.63) is 6.07 Å². The lowest BCUT2D eigenvalue weighted by Crippen LogP contribution is -2.50. The average molecular weight is 419 g/mol. The number of ether oxygens (including phenoxy) is 1. The van der Waals surface area contributed by atoms with Gasteiger partial charge in [-0.2, -0.15) is 9.97 Å². The molecule has 8 nitrogen and oxygen atoms in total. The highest BCUT2D eigenvalue weighted by Crippen LogP contribution is 2.34. The van der Waals surface area contributed by atoms with Gasteiger partial charge in [0, 0.05) is 32.2 Å². The summed E-state index contributed by atoms with van der Waals surface area (Å²) >= 11 is 0. The number of carbonyl (C=O) groups excluding carboxylic acids is 1. The van der Waals surface area contributed by atoms with Crippen LogP contribution in [0.3, 0.4) is 0 Å². The summed E-state index contributed by atoms with van der Waals surface area (Å²) in [7, 11) is 0. The van der Waals surface area contributed by atoms with Crippen LogP contribution in [0.4, 0.5) is 22.4 Å². The number of piperidine rings is 1. The number of anilines is 3. The molecule has 0 aliphatic carbocycles. The molecule has 3 rings (SSSR count). The highest BCUT2D eigenvalue weighted by atomic mass is 16.6. The van der Waals surface area contributed by atoms with Gasteiger partial charge in [0.2, 0.25) is 5.95 Å². The van der Waals surface area contributed by atoms with Crippen molar-refractivity contribution in [3.63, 3.8) is 0 Å². The Morgan fingerprint density at radius 2 is 1.97 bits per heavy atom. The fraction of sp³-hybridized carbons (Fsp3) is 0.773. The zero-order valence-electron chi connectivity index (χ0n) is 19.4. The predicted molar refractivity (Wildman–Crippen MR) is 121 cm³/mol. The predicted octanol–water partition coefficient (Wildman–Crippen LogP) is 3.74.